The van der Waals surface area contributed by atoms with Crippen molar-refractivity contribution in [1.29, 1.82) is 0 Å². The molecule has 0 aliphatic rings. The molecule has 0 aromatic rings. The van der Waals surface area contributed by atoms with Crippen LogP contribution in [0.4, 0.5) is 0 Å². The monoisotopic (exact) mass is 271 g/mol. The molecular weight excluding hydrogens is 252 g/mol. The van der Waals surface area contributed by atoms with Crippen LogP contribution in [-0.4, -0.2) is 15.8 Å². The van der Waals surface area contributed by atoms with Crippen molar-refractivity contribution in [3.05, 3.63) is 0 Å². The van der Waals surface area contributed by atoms with Crippen molar-refractivity contribution in [3.8, 4) is 0 Å². The molecule has 0 unspecified atom stereocenters. The fourth-order valence-corrected chi connectivity index (χ4v) is 3.64. The molecule has 0 aliphatic carbocycles. The van der Waals surface area contributed by atoms with E-state index in [0.717, 1.165) is 4.32 Å². The van der Waals surface area contributed by atoms with Crippen LogP contribution in [0.1, 0.15) is 39.5 Å². The van der Waals surface area contributed by atoms with E-state index < -0.39 is 0 Å². The topological polar surface area (TPSA) is 26.0 Å². The number of thiocarbonyl (C=S) groups is 1. The van der Waals surface area contributed by atoms with Crippen LogP contribution in [0, 0.1) is 0 Å². The Morgan fingerprint density at radius 1 is 1.15 bits per heavy atom. The summed E-state index contributed by atoms with van der Waals surface area (Å²) in [4.78, 5) is 0. The number of unbranched alkanes of at least 4 members (excludes halogenated alkanes) is 2. The predicted octanol–water partition coefficient (Wildman–Crippen LogP) is 2.83. The summed E-state index contributed by atoms with van der Waals surface area (Å²) in [6.45, 7) is 4.43. The normalized spacial score (nSPS) is 10.5. The second-order valence-corrected chi connectivity index (χ2v) is 6.23. The number of rotatable bonds is 6. The average Bonchev–Trinajstić information content (AvgIpc) is 2.04. The van der Waals surface area contributed by atoms with Crippen LogP contribution in [0.15, 0.2) is 0 Å². The van der Waals surface area contributed by atoms with E-state index in [9.17, 15) is 0 Å². The zero-order valence-corrected chi connectivity index (χ0v) is 13.6. The minimum absolute atomic E-state index is 0. The first kappa shape index (κ1) is 16.3. The van der Waals surface area contributed by atoms with Gasteiger partial charge < -0.3 is 5.73 Å². The third-order valence-electron chi connectivity index (χ3n) is 1.87. The maximum Gasteiger partial charge on any atom is 0.111 e. The van der Waals surface area contributed by atoms with E-state index >= 15 is 0 Å². The molecule has 76 valence electrons. The minimum atomic E-state index is -0.122. The number of nitrogens with two attached hydrogens (primary N) is 1. The smallest absolute Gasteiger partial charge is 0.111 e. The van der Waals surface area contributed by atoms with Crippen molar-refractivity contribution in [2.75, 3.05) is 11.5 Å². The van der Waals surface area contributed by atoms with Crippen LogP contribution in [0.3, 0.4) is 0 Å². The van der Waals surface area contributed by atoms with Gasteiger partial charge in [0.05, 0.1) is 0 Å². The molecule has 0 aliphatic heterocycles. The minimum Gasteiger partial charge on any atom is -0.386 e. The van der Waals surface area contributed by atoms with Gasteiger partial charge in [0.1, 0.15) is 4.32 Å². The summed E-state index contributed by atoms with van der Waals surface area (Å²) in [6.07, 6.45) is 5.08. The van der Waals surface area contributed by atoms with E-state index in [-0.39, 0.29) is 30.4 Å². The molecule has 2 N–H and O–H groups in total. The van der Waals surface area contributed by atoms with Crippen LogP contribution < -0.4 is 5.73 Å². The van der Waals surface area contributed by atoms with Crippen molar-refractivity contribution < 1.29 is 19.5 Å². The second-order valence-electron chi connectivity index (χ2n) is 3.03. The van der Waals surface area contributed by atoms with Crippen molar-refractivity contribution in [3.63, 3.8) is 0 Å². The van der Waals surface area contributed by atoms with Gasteiger partial charge >= 0.3 is 0 Å². The van der Waals surface area contributed by atoms with Gasteiger partial charge in [-0.15, -0.1) is 0 Å². The Morgan fingerprint density at radius 3 is 1.77 bits per heavy atom. The molecule has 0 fully saturated rings. The first-order valence-corrected chi connectivity index (χ1v) is 6.88. The summed E-state index contributed by atoms with van der Waals surface area (Å²) >= 11 is 5.05. The average molecular weight is 273 g/mol. The van der Waals surface area contributed by atoms with Gasteiger partial charge in [0.15, 0.2) is 0 Å². The molecule has 0 aromatic carbocycles. The molecule has 0 heterocycles. The number of thiol groups is 1. The zero-order valence-electron chi connectivity index (χ0n) is 8.88. The van der Waals surface area contributed by atoms with Crippen molar-refractivity contribution in [2.24, 2.45) is 5.73 Å². The van der Waals surface area contributed by atoms with Gasteiger partial charge in [-0.1, -0.05) is 38.9 Å². The zero-order chi connectivity index (χ0) is 9.40. The first-order valence-electron chi connectivity index (χ1n) is 4.76. The fourth-order valence-electron chi connectivity index (χ4n) is 1.03. The Bertz CT molecular complexity index is 123. The summed E-state index contributed by atoms with van der Waals surface area (Å²) in [5.74, 6) is 2.50. The largest absolute Gasteiger partial charge is 0.386 e. The maximum absolute atomic E-state index is 5.68. The van der Waals surface area contributed by atoms with Gasteiger partial charge in [-0.2, -0.15) is 0 Å². The molecule has 0 spiro atoms. The van der Waals surface area contributed by atoms with Gasteiger partial charge in [-0.25, -0.2) is 10.9 Å². The quantitative estimate of drug-likeness (QED) is 0.442. The van der Waals surface area contributed by atoms with Gasteiger partial charge in [-0.3, -0.25) is 0 Å². The summed E-state index contributed by atoms with van der Waals surface area (Å²) in [6, 6.07) is 0. The molecule has 4 heteroatoms. The van der Waals surface area contributed by atoms with Crippen molar-refractivity contribution in [1.82, 2.24) is 0 Å². The van der Waals surface area contributed by atoms with Gasteiger partial charge in [0, 0.05) is 19.5 Å². The van der Waals surface area contributed by atoms with Crippen LogP contribution in [0.25, 0.3) is 0 Å². The molecule has 0 aromatic heterocycles. The third kappa shape index (κ3) is 9.17. The summed E-state index contributed by atoms with van der Waals surface area (Å²) in [7, 11) is -0.122. The maximum atomic E-state index is 5.68. The fraction of sp³-hybridized carbons (Fsp3) is 0.889. The molecule has 0 amide bonds. The van der Waals surface area contributed by atoms with E-state index in [1.165, 1.54) is 37.2 Å². The van der Waals surface area contributed by atoms with Crippen LogP contribution >= 0.6 is 23.1 Å². The summed E-state index contributed by atoms with van der Waals surface area (Å²) < 4.78 is 0.784. The van der Waals surface area contributed by atoms with Gasteiger partial charge in [0.25, 0.3) is 0 Å². The van der Waals surface area contributed by atoms with E-state index in [2.05, 4.69) is 13.8 Å². The Hall–Kier alpha value is 0.863. The Kier molecular flexibility index (Phi) is 13.7. The van der Waals surface area contributed by atoms with Crippen LogP contribution in [0.5, 0.6) is 0 Å². The van der Waals surface area contributed by atoms with Crippen LogP contribution in [0.2, 0.25) is 0 Å². The van der Waals surface area contributed by atoms with Crippen molar-refractivity contribution in [2.45, 2.75) is 39.5 Å². The summed E-state index contributed by atoms with van der Waals surface area (Å²) in [5, 5.41) is 0. The molecule has 0 saturated heterocycles. The van der Waals surface area contributed by atoms with Gasteiger partial charge in [-0.05, 0) is 24.3 Å². The molecule has 0 bridgehead atoms. The number of hydrogen-bond donors (Lipinski definition) is 2. The first-order chi connectivity index (χ1) is 5.72. The Labute approximate surface area is 103 Å². The van der Waals surface area contributed by atoms with E-state index in [1.54, 1.807) is 0 Å². The Morgan fingerprint density at radius 2 is 1.54 bits per heavy atom. The number of hydrogen-bond acceptors (Lipinski definition) is 1. The third-order valence-corrected chi connectivity index (χ3v) is 4.98. The standard InChI is InChI=1S/C9H21NS2.Zn/c1-3-5-7-12(9(10)11)8-6-4-2;/h12H,3-8H2,1-2H3,(H2,10,11);. The van der Waals surface area contributed by atoms with Crippen molar-refractivity contribution >= 4 is 27.4 Å². The second kappa shape index (κ2) is 10.9. The van der Waals surface area contributed by atoms with Crippen LogP contribution in [-0.2, 0) is 19.5 Å². The predicted molar refractivity (Wildman–Crippen MR) is 65.3 cm³/mol. The van der Waals surface area contributed by atoms with E-state index in [4.69, 9.17) is 18.0 Å². The molecule has 1 nitrogen and oxygen atoms in total. The van der Waals surface area contributed by atoms with E-state index in [1.807, 2.05) is 0 Å². The molecule has 0 atom stereocenters. The SMILES string of the molecule is CCCC[SH](CCCC)C(N)=S.[Zn]. The molecular formula is C9H21NS2Zn. The molecule has 0 rings (SSSR count). The molecule has 13 heavy (non-hydrogen) atoms. The van der Waals surface area contributed by atoms with E-state index in [0.29, 0.717) is 0 Å². The molecule has 0 saturated carbocycles. The van der Waals surface area contributed by atoms with Gasteiger partial charge in [0.2, 0.25) is 0 Å². The Balaban J connectivity index is 0. The summed E-state index contributed by atoms with van der Waals surface area (Å²) in [5.41, 5.74) is 5.68. The molecule has 0 radical (unpaired) electrons.